The van der Waals surface area contributed by atoms with E-state index in [0.717, 1.165) is 24.8 Å². The molecule has 0 radical (unpaired) electrons. The predicted molar refractivity (Wildman–Crippen MR) is 82.8 cm³/mol. The lowest BCUT2D eigenvalue weighted by molar-refractivity contribution is 0.0526. The molecule has 0 aromatic carbocycles. The van der Waals surface area contributed by atoms with Gasteiger partial charge in [0.2, 0.25) is 0 Å². The first-order valence-electron chi connectivity index (χ1n) is 7.44. The molecule has 5 nitrogen and oxygen atoms in total. The van der Waals surface area contributed by atoms with Crippen LogP contribution in [-0.4, -0.2) is 22.1 Å². The molecule has 0 saturated heterocycles. The Morgan fingerprint density at radius 1 is 1.41 bits per heavy atom. The third-order valence-corrected chi connectivity index (χ3v) is 3.35. The highest BCUT2D eigenvalue weighted by molar-refractivity contribution is 5.89. The van der Waals surface area contributed by atoms with E-state index in [9.17, 15) is 10.1 Å². The molecule has 5 heteroatoms. The largest absolute Gasteiger partial charge is 0.462 e. The van der Waals surface area contributed by atoms with Crippen LogP contribution in [0.5, 0.6) is 0 Å². The molecule has 22 heavy (non-hydrogen) atoms. The zero-order valence-corrected chi connectivity index (χ0v) is 12.9. The van der Waals surface area contributed by atoms with Gasteiger partial charge in [-0.3, -0.25) is 0 Å². The fraction of sp³-hybridized carbons (Fsp3) is 0.353. The number of nitrogens with zero attached hydrogens (tertiary/aromatic N) is 3. The Morgan fingerprint density at radius 3 is 2.91 bits per heavy atom. The highest BCUT2D eigenvalue weighted by atomic mass is 16.5. The molecule has 114 valence electrons. The van der Waals surface area contributed by atoms with Crippen LogP contribution in [0, 0.1) is 11.3 Å². The van der Waals surface area contributed by atoms with Gasteiger partial charge in [-0.1, -0.05) is 13.3 Å². The van der Waals surface area contributed by atoms with Crippen molar-refractivity contribution in [3.8, 4) is 11.9 Å². The van der Waals surface area contributed by atoms with E-state index < -0.39 is 0 Å². The van der Waals surface area contributed by atoms with E-state index in [1.165, 1.54) is 0 Å². The highest BCUT2D eigenvalue weighted by Crippen LogP contribution is 2.17. The van der Waals surface area contributed by atoms with Gasteiger partial charge in [-0.15, -0.1) is 0 Å². The smallest absolute Gasteiger partial charge is 0.338 e. The van der Waals surface area contributed by atoms with Crippen molar-refractivity contribution in [2.24, 2.45) is 0 Å². The van der Waals surface area contributed by atoms with Crippen molar-refractivity contribution in [2.45, 2.75) is 33.1 Å². The van der Waals surface area contributed by atoms with Crippen molar-refractivity contribution in [2.75, 3.05) is 6.61 Å². The fourth-order valence-electron chi connectivity index (χ4n) is 2.20. The first-order chi connectivity index (χ1) is 10.7. The van der Waals surface area contributed by atoms with E-state index in [0.29, 0.717) is 23.6 Å². The van der Waals surface area contributed by atoms with Gasteiger partial charge in [-0.05, 0) is 37.5 Å². The van der Waals surface area contributed by atoms with Gasteiger partial charge in [0.1, 0.15) is 11.9 Å². The Bertz CT molecular complexity index is 698. The Hall–Kier alpha value is -2.61. The Balaban J connectivity index is 2.32. The SMILES string of the molecule is CCCCc1cn(-c2cc(C(=O)OCC)ccn2)cc1C#N. The first kappa shape index (κ1) is 15.8. The van der Waals surface area contributed by atoms with Gasteiger partial charge >= 0.3 is 5.97 Å². The van der Waals surface area contributed by atoms with Crippen LogP contribution in [0.2, 0.25) is 0 Å². The molecule has 0 bridgehead atoms. The number of aryl methyl sites for hydroxylation is 1. The summed E-state index contributed by atoms with van der Waals surface area (Å²) in [6, 6.07) is 5.50. The predicted octanol–water partition coefficient (Wildman–Crippen LogP) is 3.26. The molecule has 0 amide bonds. The van der Waals surface area contributed by atoms with Gasteiger partial charge in [0.05, 0.1) is 17.7 Å². The molecule has 2 aromatic rings. The number of carbonyl (C=O) groups is 1. The molecule has 2 aromatic heterocycles. The molecule has 0 unspecified atom stereocenters. The molecule has 0 spiro atoms. The molecule has 0 fully saturated rings. The van der Waals surface area contributed by atoms with Gasteiger partial charge in [-0.2, -0.15) is 5.26 Å². The highest BCUT2D eigenvalue weighted by Gasteiger charge is 2.11. The van der Waals surface area contributed by atoms with Crippen LogP contribution in [0.25, 0.3) is 5.82 Å². The third-order valence-electron chi connectivity index (χ3n) is 3.35. The lowest BCUT2D eigenvalue weighted by Crippen LogP contribution is -2.06. The number of carbonyl (C=O) groups excluding carboxylic acids is 1. The maximum Gasteiger partial charge on any atom is 0.338 e. The second kappa shape index (κ2) is 7.41. The number of hydrogen-bond donors (Lipinski definition) is 0. The lowest BCUT2D eigenvalue weighted by Gasteiger charge is -2.05. The average molecular weight is 297 g/mol. The average Bonchev–Trinajstić information content (AvgIpc) is 2.96. The van der Waals surface area contributed by atoms with Crippen LogP contribution >= 0.6 is 0 Å². The van der Waals surface area contributed by atoms with Gasteiger partial charge in [0.15, 0.2) is 0 Å². The summed E-state index contributed by atoms with van der Waals surface area (Å²) in [5, 5.41) is 9.23. The molecule has 0 atom stereocenters. The summed E-state index contributed by atoms with van der Waals surface area (Å²) in [5.74, 6) is 0.231. The zero-order valence-electron chi connectivity index (χ0n) is 12.9. The Labute approximate surface area is 130 Å². The monoisotopic (exact) mass is 297 g/mol. The molecule has 0 aliphatic rings. The van der Waals surface area contributed by atoms with Crippen molar-refractivity contribution in [1.82, 2.24) is 9.55 Å². The van der Waals surface area contributed by atoms with Crippen LogP contribution in [-0.2, 0) is 11.2 Å². The van der Waals surface area contributed by atoms with Crippen LogP contribution < -0.4 is 0 Å². The number of unbranched alkanes of at least 4 members (excludes halogenated alkanes) is 1. The molecule has 2 heterocycles. The van der Waals surface area contributed by atoms with Gasteiger partial charge < -0.3 is 9.30 Å². The molecular formula is C17H19N3O2. The topological polar surface area (TPSA) is 67.9 Å². The van der Waals surface area contributed by atoms with E-state index in [-0.39, 0.29) is 5.97 Å². The Kier molecular flexibility index (Phi) is 5.31. The third kappa shape index (κ3) is 3.53. The first-order valence-corrected chi connectivity index (χ1v) is 7.44. The number of aromatic nitrogens is 2. The summed E-state index contributed by atoms with van der Waals surface area (Å²) in [6.45, 7) is 4.22. The number of esters is 1. The number of rotatable bonds is 6. The molecule has 0 saturated carbocycles. The normalized spacial score (nSPS) is 10.2. The van der Waals surface area contributed by atoms with Crippen LogP contribution in [0.3, 0.4) is 0 Å². The lowest BCUT2D eigenvalue weighted by atomic mass is 10.1. The molecule has 0 aliphatic heterocycles. The molecular weight excluding hydrogens is 278 g/mol. The van der Waals surface area contributed by atoms with E-state index in [1.54, 1.807) is 36.0 Å². The van der Waals surface area contributed by atoms with Crippen molar-refractivity contribution < 1.29 is 9.53 Å². The zero-order chi connectivity index (χ0) is 15.9. The van der Waals surface area contributed by atoms with Gasteiger partial charge in [0, 0.05) is 18.6 Å². The second-order valence-corrected chi connectivity index (χ2v) is 4.94. The van der Waals surface area contributed by atoms with Gasteiger partial charge in [-0.25, -0.2) is 9.78 Å². The maximum atomic E-state index is 11.8. The standard InChI is InChI=1S/C17H19N3O2/c1-3-5-6-14-11-20(12-15(14)10-18)16-9-13(7-8-19-16)17(21)22-4-2/h7-9,11-12H,3-6H2,1-2H3. The fourth-order valence-corrected chi connectivity index (χ4v) is 2.20. The minimum atomic E-state index is -0.370. The summed E-state index contributed by atoms with van der Waals surface area (Å²) >= 11 is 0. The summed E-state index contributed by atoms with van der Waals surface area (Å²) in [5.41, 5.74) is 2.11. The number of pyridine rings is 1. The number of nitriles is 1. The summed E-state index contributed by atoms with van der Waals surface area (Å²) in [6.07, 6.45) is 8.21. The van der Waals surface area contributed by atoms with Crippen molar-refractivity contribution in [3.63, 3.8) is 0 Å². The van der Waals surface area contributed by atoms with Crippen molar-refractivity contribution >= 4 is 5.97 Å². The van der Waals surface area contributed by atoms with E-state index in [2.05, 4.69) is 18.0 Å². The molecule has 2 rings (SSSR count). The summed E-state index contributed by atoms with van der Waals surface area (Å²) in [7, 11) is 0. The van der Waals surface area contributed by atoms with E-state index >= 15 is 0 Å². The Morgan fingerprint density at radius 2 is 2.23 bits per heavy atom. The van der Waals surface area contributed by atoms with Crippen molar-refractivity contribution in [1.29, 1.82) is 5.26 Å². The van der Waals surface area contributed by atoms with Crippen LogP contribution in [0.15, 0.2) is 30.7 Å². The molecule has 0 N–H and O–H groups in total. The van der Waals surface area contributed by atoms with E-state index in [1.807, 2.05) is 6.20 Å². The molecule has 0 aliphatic carbocycles. The quantitative estimate of drug-likeness (QED) is 0.767. The second-order valence-electron chi connectivity index (χ2n) is 4.94. The van der Waals surface area contributed by atoms with Crippen LogP contribution in [0.4, 0.5) is 0 Å². The number of hydrogen-bond acceptors (Lipinski definition) is 4. The summed E-state index contributed by atoms with van der Waals surface area (Å²) < 4.78 is 6.78. The van der Waals surface area contributed by atoms with E-state index in [4.69, 9.17) is 4.74 Å². The minimum Gasteiger partial charge on any atom is -0.462 e. The maximum absolute atomic E-state index is 11.8. The number of ether oxygens (including phenoxy) is 1. The van der Waals surface area contributed by atoms with Crippen LogP contribution in [0.1, 0.15) is 48.2 Å². The van der Waals surface area contributed by atoms with Crippen molar-refractivity contribution in [3.05, 3.63) is 47.4 Å². The van der Waals surface area contributed by atoms with Gasteiger partial charge in [0.25, 0.3) is 0 Å². The minimum absolute atomic E-state index is 0.333. The summed E-state index contributed by atoms with van der Waals surface area (Å²) in [4.78, 5) is 16.1.